The number of halogens is 1. The van der Waals surface area contributed by atoms with Crippen LogP contribution in [0.25, 0.3) is 10.9 Å². The molecule has 9 heteroatoms. The molecule has 0 N–H and O–H groups in total. The van der Waals surface area contributed by atoms with Gasteiger partial charge in [-0.05, 0) is 43.5 Å². The molecule has 0 bridgehead atoms. The van der Waals surface area contributed by atoms with E-state index in [2.05, 4.69) is 9.88 Å². The third kappa shape index (κ3) is 4.78. The Bertz CT molecular complexity index is 1350. The Balaban J connectivity index is 1.50. The average molecular weight is 523 g/mol. The predicted molar refractivity (Wildman–Crippen MR) is 143 cm³/mol. The summed E-state index contributed by atoms with van der Waals surface area (Å²) in [6.07, 6.45) is 4.43. The minimum atomic E-state index is -1.08. The zero-order valence-corrected chi connectivity index (χ0v) is 22.0. The second kappa shape index (κ2) is 10.3. The number of ketones is 1. The summed E-state index contributed by atoms with van der Waals surface area (Å²) in [6, 6.07) is 14.3. The monoisotopic (exact) mass is 522 g/mol. The topological polar surface area (TPSA) is 73.8 Å². The van der Waals surface area contributed by atoms with Crippen LogP contribution in [-0.2, 0) is 21.2 Å². The number of rotatable bonds is 5. The lowest BCUT2D eigenvalue weighted by atomic mass is 9.70. The lowest BCUT2D eigenvalue weighted by Crippen LogP contribution is -2.50. The summed E-state index contributed by atoms with van der Waals surface area (Å²) in [5.74, 6) is -0.424. The Morgan fingerprint density at radius 1 is 0.973 bits per heavy atom. The van der Waals surface area contributed by atoms with E-state index in [1.54, 1.807) is 30.3 Å². The smallest absolute Gasteiger partial charge is 0.257 e. The second-order valence-electron chi connectivity index (χ2n) is 9.82. The fourth-order valence-corrected chi connectivity index (χ4v) is 6.36. The number of amides is 1. The van der Waals surface area contributed by atoms with Gasteiger partial charge >= 0.3 is 0 Å². The number of fused-ring (bicyclic) bond motifs is 1. The van der Waals surface area contributed by atoms with Gasteiger partial charge in [-0.15, -0.1) is 0 Å². The number of Topliss-reactive ketones (excluding diaryl/α,β-unsaturated/α-hetero) is 1. The predicted octanol–water partition coefficient (Wildman–Crippen LogP) is 3.55. The minimum absolute atomic E-state index is 0.131. The van der Waals surface area contributed by atoms with Gasteiger partial charge in [-0.25, -0.2) is 12.9 Å². The van der Waals surface area contributed by atoms with E-state index in [1.165, 1.54) is 12.1 Å². The van der Waals surface area contributed by atoms with E-state index in [0.717, 1.165) is 5.56 Å². The summed E-state index contributed by atoms with van der Waals surface area (Å²) in [4.78, 5) is 35.0. The molecule has 7 nitrogen and oxygen atoms in total. The molecule has 3 aromatic rings. The maximum Gasteiger partial charge on any atom is 0.257 e. The van der Waals surface area contributed by atoms with Crippen LogP contribution >= 0.6 is 0 Å². The average Bonchev–Trinajstić information content (AvgIpc) is 2.92. The molecule has 2 aromatic carbocycles. The van der Waals surface area contributed by atoms with Gasteiger partial charge in [-0.3, -0.25) is 14.6 Å². The zero-order valence-electron chi connectivity index (χ0n) is 21.2. The maximum absolute atomic E-state index is 14.4. The summed E-state index contributed by atoms with van der Waals surface area (Å²) in [5, 5.41) is 0.592. The lowest BCUT2D eigenvalue weighted by Gasteiger charge is -2.42. The van der Waals surface area contributed by atoms with Crippen LogP contribution in [0.3, 0.4) is 0 Å². The number of anilines is 1. The van der Waals surface area contributed by atoms with Crippen molar-refractivity contribution in [3.8, 4) is 0 Å². The molecular formula is C28H31FN4O3S. The molecule has 0 aliphatic carbocycles. The van der Waals surface area contributed by atoms with Crippen molar-refractivity contribution in [3.63, 3.8) is 0 Å². The summed E-state index contributed by atoms with van der Waals surface area (Å²) in [5.41, 5.74) is 2.14. The van der Waals surface area contributed by atoms with E-state index in [0.29, 0.717) is 74.3 Å². The highest BCUT2D eigenvalue weighted by molar-refractivity contribution is 7.81. The number of piperazine rings is 1. The molecule has 1 aromatic heterocycles. The van der Waals surface area contributed by atoms with Crippen molar-refractivity contribution in [1.29, 1.82) is 0 Å². The summed E-state index contributed by atoms with van der Waals surface area (Å²) < 4.78 is 28.1. The molecule has 2 aliphatic heterocycles. The van der Waals surface area contributed by atoms with Crippen LogP contribution in [0.2, 0.25) is 0 Å². The molecule has 0 saturated carbocycles. The fourth-order valence-electron chi connectivity index (χ4n) is 5.68. The molecule has 2 fully saturated rings. The van der Waals surface area contributed by atoms with Gasteiger partial charge in [0.25, 0.3) is 5.91 Å². The van der Waals surface area contributed by atoms with Crippen molar-refractivity contribution in [2.45, 2.75) is 25.2 Å². The Labute approximate surface area is 218 Å². The zero-order chi connectivity index (χ0) is 26.2. The van der Waals surface area contributed by atoms with Gasteiger partial charge in [0, 0.05) is 57.1 Å². The number of carbonyl (C=O) groups is 2. The van der Waals surface area contributed by atoms with Gasteiger partial charge < -0.3 is 9.80 Å². The molecule has 3 heterocycles. The first kappa shape index (κ1) is 25.5. The number of carbonyl (C=O) groups excluding carboxylic acids is 2. The highest BCUT2D eigenvalue weighted by Gasteiger charge is 2.41. The summed E-state index contributed by atoms with van der Waals surface area (Å²) in [6.45, 7) is 4.72. The van der Waals surface area contributed by atoms with Crippen LogP contribution in [0.1, 0.15) is 35.7 Å². The lowest BCUT2D eigenvalue weighted by molar-refractivity contribution is -0.123. The fraction of sp³-hybridized carbons (Fsp3) is 0.393. The highest BCUT2D eigenvalue weighted by Crippen LogP contribution is 2.40. The molecule has 0 spiro atoms. The molecular weight excluding hydrogens is 491 g/mol. The van der Waals surface area contributed by atoms with E-state index in [4.69, 9.17) is 0 Å². The molecule has 194 valence electrons. The third-order valence-electron chi connectivity index (χ3n) is 7.85. The van der Waals surface area contributed by atoms with Crippen LogP contribution < -0.4 is 4.90 Å². The van der Waals surface area contributed by atoms with Crippen LogP contribution in [0.15, 0.2) is 54.7 Å². The van der Waals surface area contributed by atoms with Gasteiger partial charge in [0.05, 0.1) is 33.2 Å². The van der Waals surface area contributed by atoms with Crippen molar-refractivity contribution < 1.29 is 18.2 Å². The molecule has 0 radical (unpaired) electrons. The molecule has 37 heavy (non-hydrogen) atoms. The maximum atomic E-state index is 14.4. The van der Waals surface area contributed by atoms with Crippen LogP contribution in [0, 0.1) is 5.82 Å². The second-order valence-corrected chi connectivity index (χ2v) is 11.2. The van der Waals surface area contributed by atoms with E-state index in [-0.39, 0.29) is 11.7 Å². The standard InChI is InChI=1S/C28H31FN4O3S/c1-20(34)28(21-6-4-3-5-7-21)10-12-31(13-11-28)26-23-18-22(29)8-9-25(23)30-19-24(26)27(35)32-14-16-33(17-15-32)37(2)36/h3-9,18-19H,10-17H2,1-2H3. The van der Waals surface area contributed by atoms with Gasteiger partial charge in [0.2, 0.25) is 0 Å². The van der Waals surface area contributed by atoms with Crippen molar-refractivity contribution >= 4 is 39.3 Å². The van der Waals surface area contributed by atoms with Gasteiger partial charge in [-0.1, -0.05) is 30.3 Å². The first-order valence-electron chi connectivity index (χ1n) is 12.6. The van der Waals surface area contributed by atoms with Gasteiger partial charge in [0.15, 0.2) is 0 Å². The van der Waals surface area contributed by atoms with Crippen LogP contribution in [0.5, 0.6) is 0 Å². The molecule has 1 amide bonds. The Kier molecular flexibility index (Phi) is 7.09. The molecule has 5 rings (SSSR count). The van der Waals surface area contributed by atoms with E-state index < -0.39 is 22.2 Å². The largest absolute Gasteiger partial charge is 0.370 e. The van der Waals surface area contributed by atoms with Crippen molar-refractivity contribution in [1.82, 2.24) is 14.2 Å². The summed E-state index contributed by atoms with van der Waals surface area (Å²) >= 11 is 0. The first-order chi connectivity index (χ1) is 17.8. The number of benzene rings is 2. The van der Waals surface area contributed by atoms with E-state index in [9.17, 15) is 18.2 Å². The molecule has 1 atom stereocenters. The number of hydrogen-bond acceptors (Lipinski definition) is 5. The van der Waals surface area contributed by atoms with Gasteiger partial charge in [-0.2, -0.15) is 0 Å². The normalized spacial score (nSPS) is 19.1. The SMILES string of the molecule is CC(=O)C1(c2ccccc2)CCN(c2c(C(=O)N3CCN(S(C)=O)CC3)cnc3ccc(F)cc23)CC1. The first-order valence-corrected chi connectivity index (χ1v) is 14.1. The molecule has 2 saturated heterocycles. The van der Waals surface area contributed by atoms with Crippen molar-refractivity contribution in [3.05, 3.63) is 71.7 Å². The minimum Gasteiger partial charge on any atom is -0.370 e. The Morgan fingerprint density at radius 3 is 2.27 bits per heavy atom. The molecule has 1 unspecified atom stereocenters. The van der Waals surface area contributed by atoms with E-state index >= 15 is 0 Å². The van der Waals surface area contributed by atoms with E-state index in [1.807, 2.05) is 34.6 Å². The van der Waals surface area contributed by atoms with Crippen molar-refractivity contribution in [2.75, 3.05) is 50.4 Å². The number of pyridine rings is 1. The van der Waals surface area contributed by atoms with Crippen LogP contribution in [-0.4, -0.2) is 75.6 Å². The van der Waals surface area contributed by atoms with Gasteiger partial charge in [0.1, 0.15) is 11.6 Å². The number of nitrogens with zero attached hydrogens (tertiary/aromatic N) is 4. The number of hydrogen-bond donors (Lipinski definition) is 0. The Morgan fingerprint density at radius 2 is 1.65 bits per heavy atom. The quantitative estimate of drug-likeness (QED) is 0.513. The highest BCUT2D eigenvalue weighted by atomic mass is 32.2. The number of aromatic nitrogens is 1. The van der Waals surface area contributed by atoms with Crippen LogP contribution in [0.4, 0.5) is 10.1 Å². The third-order valence-corrected chi connectivity index (χ3v) is 8.95. The number of piperidine rings is 1. The Hall–Kier alpha value is -3.17. The molecule has 2 aliphatic rings. The summed E-state index contributed by atoms with van der Waals surface area (Å²) in [7, 11) is -1.08. The van der Waals surface area contributed by atoms with Crippen molar-refractivity contribution in [2.24, 2.45) is 0 Å².